The smallest absolute Gasteiger partial charge is 0.433 e. The van der Waals surface area contributed by atoms with Crippen LogP contribution in [0.3, 0.4) is 0 Å². The zero-order valence-corrected chi connectivity index (χ0v) is 25.4. The van der Waals surface area contributed by atoms with Crippen LogP contribution in [0.4, 0.5) is 13.2 Å². The van der Waals surface area contributed by atoms with E-state index in [0.717, 1.165) is 28.6 Å². The van der Waals surface area contributed by atoms with Gasteiger partial charge in [-0.3, -0.25) is 24.0 Å². The third kappa shape index (κ3) is 6.28. The molecule has 4 heterocycles. The molecule has 0 unspecified atom stereocenters. The highest BCUT2D eigenvalue weighted by molar-refractivity contribution is 6.39. The van der Waals surface area contributed by atoms with Crippen molar-refractivity contribution in [3.8, 4) is 0 Å². The molecule has 43 heavy (non-hydrogen) atoms. The minimum absolute atomic E-state index is 0.0248. The van der Waals surface area contributed by atoms with Crippen molar-refractivity contribution in [2.75, 3.05) is 19.7 Å². The molecule has 3 aliphatic rings. The Morgan fingerprint density at radius 2 is 1.70 bits per heavy atom. The zero-order valence-electron chi connectivity index (χ0n) is 23.9. The summed E-state index contributed by atoms with van der Waals surface area (Å²) < 4.78 is 56.1. The van der Waals surface area contributed by atoms with E-state index in [1.165, 1.54) is 12.4 Å². The zero-order chi connectivity index (χ0) is 31.2. The van der Waals surface area contributed by atoms with Crippen LogP contribution in [0.5, 0.6) is 0 Å². The first-order valence-electron chi connectivity index (χ1n) is 14.4. The third-order valence-electron chi connectivity index (χ3n) is 8.96. The number of nitrogens with zero attached hydrogens (tertiary/aromatic N) is 4. The number of alkyl halides is 3. The van der Waals surface area contributed by atoms with Crippen LogP contribution < -0.4 is 0 Å². The summed E-state index contributed by atoms with van der Waals surface area (Å²) in [6, 6.07) is -0.683. The Labute approximate surface area is 257 Å². The number of fused-ring (bicyclic) bond motifs is 2. The lowest BCUT2D eigenvalue weighted by atomic mass is 9.74. The molecule has 1 saturated carbocycles. The Kier molecular flexibility index (Phi) is 8.85. The summed E-state index contributed by atoms with van der Waals surface area (Å²) in [7, 11) is 0. The highest BCUT2D eigenvalue weighted by atomic mass is 35.5. The van der Waals surface area contributed by atoms with Crippen molar-refractivity contribution in [1.82, 2.24) is 19.7 Å². The van der Waals surface area contributed by atoms with E-state index >= 15 is 0 Å². The summed E-state index contributed by atoms with van der Waals surface area (Å²) in [4.78, 5) is 44.8. The maximum absolute atomic E-state index is 14.6. The molecule has 2 aromatic heterocycles. The number of carbonyl (C=O) groups excluding carboxylic acids is 3. The van der Waals surface area contributed by atoms with E-state index < -0.39 is 52.7 Å². The van der Waals surface area contributed by atoms with Gasteiger partial charge in [-0.05, 0) is 65.2 Å². The Morgan fingerprint density at radius 1 is 1.07 bits per heavy atom. The number of halogens is 5. The molecule has 2 aromatic rings. The molecule has 2 aliphatic heterocycles. The van der Waals surface area contributed by atoms with Crippen LogP contribution in [0.25, 0.3) is 0 Å². The Balaban J connectivity index is 1.45. The summed E-state index contributed by atoms with van der Waals surface area (Å²) in [5.41, 5.74) is -3.46. The van der Waals surface area contributed by atoms with Crippen LogP contribution in [0, 0.1) is 5.41 Å². The van der Waals surface area contributed by atoms with Crippen molar-refractivity contribution in [2.45, 2.75) is 89.1 Å². The van der Waals surface area contributed by atoms with E-state index in [1.54, 1.807) is 13.8 Å². The minimum atomic E-state index is -4.92. The number of esters is 1. The number of pyridine rings is 1. The van der Waals surface area contributed by atoms with Gasteiger partial charge in [-0.25, -0.2) is 0 Å². The van der Waals surface area contributed by atoms with E-state index in [-0.39, 0.29) is 53.7 Å². The number of ketones is 1. The van der Waals surface area contributed by atoms with Crippen LogP contribution in [0.1, 0.15) is 97.7 Å². The number of Topliss-reactive ketones (excluding diaryl/α,β-unsaturated/α-hetero) is 1. The van der Waals surface area contributed by atoms with E-state index in [0.29, 0.717) is 25.7 Å². The molecule has 9 nitrogen and oxygen atoms in total. The molecule has 1 amide bonds. The van der Waals surface area contributed by atoms with Crippen molar-refractivity contribution in [3.05, 3.63) is 45.5 Å². The lowest BCUT2D eigenvalue weighted by molar-refractivity contribution is -0.157. The summed E-state index contributed by atoms with van der Waals surface area (Å²) >= 11 is 12.4. The van der Waals surface area contributed by atoms with Crippen molar-refractivity contribution in [3.63, 3.8) is 0 Å². The van der Waals surface area contributed by atoms with Gasteiger partial charge in [0.25, 0.3) is 5.91 Å². The van der Waals surface area contributed by atoms with Gasteiger partial charge in [-0.1, -0.05) is 23.2 Å². The lowest BCUT2D eigenvalue weighted by Gasteiger charge is -2.36. The predicted molar refractivity (Wildman–Crippen MR) is 150 cm³/mol. The highest BCUT2D eigenvalue weighted by Crippen LogP contribution is 2.46. The van der Waals surface area contributed by atoms with Crippen molar-refractivity contribution in [2.24, 2.45) is 5.41 Å². The number of ether oxygens (including phenoxy) is 2. The summed E-state index contributed by atoms with van der Waals surface area (Å²) in [5, 5.41) is 3.99. The molecule has 0 aromatic carbocycles. The first-order chi connectivity index (χ1) is 20.3. The molecule has 2 saturated heterocycles. The van der Waals surface area contributed by atoms with Crippen molar-refractivity contribution >= 4 is 40.9 Å². The fourth-order valence-electron chi connectivity index (χ4n) is 6.62. The molecule has 234 valence electrons. The molecule has 3 fully saturated rings. The van der Waals surface area contributed by atoms with Gasteiger partial charge in [0, 0.05) is 12.4 Å². The maximum atomic E-state index is 14.6. The molecule has 0 spiro atoms. The van der Waals surface area contributed by atoms with Crippen LogP contribution in [0.2, 0.25) is 10.0 Å². The van der Waals surface area contributed by atoms with E-state index in [2.05, 4.69) is 10.1 Å². The average Bonchev–Trinajstić information content (AvgIpc) is 3.67. The molecule has 0 N–H and O–H groups in total. The quantitative estimate of drug-likeness (QED) is 0.232. The minimum Gasteiger partial charge on any atom is -0.466 e. The molecule has 5 rings (SSSR count). The number of aromatic nitrogens is 3. The first-order valence-corrected chi connectivity index (χ1v) is 15.1. The normalized spacial score (nSPS) is 26.9. The maximum Gasteiger partial charge on any atom is 0.433 e. The van der Waals surface area contributed by atoms with Gasteiger partial charge < -0.3 is 14.4 Å². The van der Waals surface area contributed by atoms with Gasteiger partial charge in [0.2, 0.25) is 0 Å². The summed E-state index contributed by atoms with van der Waals surface area (Å²) in [6.45, 7) is 3.02. The highest BCUT2D eigenvalue weighted by Gasteiger charge is 2.50. The number of carbonyl (C=O) groups is 3. The fourth-order valence-corrected chi connectivity index (χ4v) is 7.20. The van der Waals surface area contributed by atoms with Gasteiger partial charge in [-0.2, -0.15) is 18.3 Å². The van der Waals surface area contributed by atoms with Gasteiger partial charge >= 0.3 is 12.1 Å². The fraction of sp³-hybridized carbons (Fsp3) is 0.621. The largest absolute Gasteiger partial charge is 0.466 e. The molecule has 0 atom stereocenters. The van der Waals surface area contributed by atoms with Gasteiger partial charge in [-0.15, -0.1) is 0 Å². The topological polar surface area (TPSA) is 104 Å². The molecule has 1 aliphatic carbocycles. The van der Waals surface area contributed by atoms with Gasteiger partial charge in [0.1, 0.15) is 0 Å². The summed E-state index contributed by atoms with van der Waals surface area (Å²) in [5.74, 6) is -2.01. The standard InChI is InChI=1S/C29H33Cl2F3N4O5/c1-3-42-26(41)27(2)8-4-17(5-9-27)38-24(29(32,33)34)19(12-36-38)25(40)37(16-28-10-6-18(43-28)7-11-28)15-22(39)23-20(30)13-35-14-21(23)31/h12-14,17-18H,3-11,15-16H2,1-2H3. The summed E-state index contributed by atoms with van der Waals surface area (Å²) in [6.07, 6.45) is 2.39. The van der Waals surface area contributed by atoms with Gasteiger partial charge in [0.15, 0.2) is 11.5 Å². The Morgan fingerprint density at radius 3 is 2.23 bits per heavy atom. The lowest BCUT2D eigenvalue weighted by Crippen LogP contribution is -2.47. The van der Waals surface area contributed by atoms with Gasteiger partial charge in [0.05, 0.1) is 70.2 Å². The SMILES string of the molecule is CCOC(=O)C1(C)CCC(n2ncc(C(=O)N(CC(=O)c3c(Cl)cncc3Cl)CC34CCC(CC3)O4)c2C(F)(F)F)CC1. The number of rotatable bonds is 9. The van der Waals surface area contributed by atoms with E-state index in [1.807, 2.05) is 0 Å². The molecule has 14 heteroatoms. The van der Waals surface area contributed by atoms with Crippen LogP contribution in [-0.4, -0.2) is 68.7 Å². The number of hydrogen-bond acceptors (Lipinski definition) is 7. The second-order valence-corrected chi connectivity index (χ2v) is 12.7. The second-order valence-electron chi connectivity index (χ2n) is 11.9. The molecular weight excluding hydrogens is 612 g/mol. The molecular formula is C29H33Cl2F3N4O5. The molecule has 0 radical (unpaired) electrons. The molecule has 2 bridgehead atoms. The Bertz CT molecular complexity index is 1380. The third-order valence-corrected chi connectivity index (χ3v) is 9.53. The van der Waals surface area contributed by atoms with E-state index in [4.69, 9.17) is 32.7 Å². The number of amides is 1. The van der Waals surface area contributed by atoms with Crippen molar-refractivity contribution < 1.29 is 37.0 Å². The second kappa shape index (κ2) is 12.0. The first kappa shape index (κ1) is 31.7. The monoisotopic (exact) mass is 644 g/mol. The van der Waals surface area contributed by atoms with Crippen LogP contribution >= 0.6 is 23.2 Å². The number of hydrogen-bond donors (Lipinski definition) is 0. The van der Waals surface area contributed by atoms with Crippen molar-refractivity contribution in [1.29, 1.82) is 0 Å². The predicted octanol–water partition coefficient (Wildman–Crippen LogP) is 6.32. The van der Waals surface area contributed by atoms with E-state index in [9.17, 15) is 27.6 Å². The Hall–Kier alpha value is -2.70. The average molecular weight is 646 g/mol. The van der Waals surface area contributed by atoms with Crippen LogP contribution in [-0.2, 0) is 20.4 Å². The van der Waals surface area contributed by atoms with Crippen LogP contribution in [0.15, 0.2) is 18.6 Å².